The Bertz CT molecular complexity index is 2870. The molecule has 8 nitrogen and oxygen atoms in total. The number of rotatable bonds is 0. The van der Waals surface area contributed by atoms with Crippen molar-refractivity contribution in [2.75, 3.05) is 0 Å². The molecule has 0 aliphatic carbocycles. The van der Waals surface area contributed by atoms with E-state index in [1.54, 1.807) is 0 Å². The SMILES string of the molecule is CC.CC.CC.CC.Cc1cc[c-]c2c3n4c(c12)N=C1c2[c-]cc[c-]c2C2=[N+]1C41n4c(c5[c-]ccc(C)c5c4=N2)=NC2=[N+]1C(=N3)c1[c-]cc[c-]c12.[Y].[Y].[Y].[Y].[Y].[Y].[Y].[Y].[Y].[Y].[Y].[Y].[Y].[Y].[Y].[Y].[Y].[Y].[Y].[Y].[Y].[Y].[Y].[Y].[Y].[Y].[Y].[Y].[Y].[Y].[Y].[Y].[Y].[Y].[Y].[Y].[Y].[Y].[Y].[Y].[Y].[Y].[Y].[Y].[Y].[Y].[Y].[Y].[Y].[Y].[Y].[Y].[Y].[Y].[Y].[Y].[Y].[Y].[Y].[Y].[Y].[Y].[Y].[Y].[Y].[Y].[Y].[Y].[Y].[Y].[Y].[Y].[Y].[Y].[Y].[Y].[Y].[Y].[Y].[Y].[Y]. The summed E-state index contributed by atoms with van der Waals surface area (Å²) in [6.07, 6.45) is 0. The van der Waals surface area contributed by atoms with Crippen LogP contribution in [-0.2, 0) is 2660 Å². The first-order valence-electron chi connectivity index (χ1n) is 18.1. The van der Waals surface area contributed by atoms with Crippen molar-refractivity contribution < 1.29 is 2660 Å². The van der Waals surface area contributed by atoms with Crippen LogP contribution in [0.4, 0.5) is 11.6 Å². The minimum Gasteiger partial charge on any atom is -0.253 e. The molecule has 497 valence electrons. The van der Waals surface area contributed by atoms with Gasteiger partial charge in [-0.3, -0.25) is 9.15 Å². The van der Waals surface area contributed by atoms with Crippen LogP contribution < -0.4 is 11.0 Å². The van der Waals surface area contributed by atoms with Crippen LogP contribution >= 0.6 is 0 Å². The Morgan fingerprint density at radius 1 is 0.197 bits per heavy atom. The van der Waals surface area contributed by atoms with E-state index in [4.69, 9.17) is 20.0 Å². The van der Waals surface area contributed by atoms with Crippen molar-refractivity contribution in [3.05, 3.63) is 129 Å². The summed E-state index contributed by atoms with van der Waals surface area (Å²) in [5, 5.41) is 3.90. The van der Waals surface area contributed by atoms with Crippen LogP contribution in [0.1, 0.15) is 88.8 Å². The number of amidine groups is 4. The van der Waals surface area contributed by atoms with Crippen molar-refractivity contribution >= 4 is 56.5 Å². The molecule has 1 atom stereocenters. The minimum atomic E-state index is -1.06. The zero-order chi connectivity index (χ0) is 35.9. The maximum Gasteiger partial charge on any atom is 0.352 e. The molecule has 89 heteroatoms. The predicted molar refractivity (Wildman–Crippen MR) is 201 cm³/mol. The van der Waals surface area contributed by atoms with Gasteiger partial charge in [0.25, 0.3) is 0 Å². The van der Waals surface area contributed by atoms with Gasteiger partial charge >= 0.3 is 5.91 Å². The van der Waals surface area contributed by atoms with Gasteiger partial charge in [0.15, 0.2) is 11.3 Å². The Morgan fingerprint density at radius 3 is 0.598 bits per heavy atom. The summed E-state index contributed by atoms with van der Waals surface area (Å²) in [5.41, 5.74) is 7.31. The molecule has 6 aliphatic heterocycles. The van der Waals surface area contributed by atoms with E-state index in [0.717, 1.165) is 101 Å². The maximum atomic E-state index is 5.40. The molecule has 1 unspecified atom stereocenters. The molecule has 132 heavy (non-hydrogen) atoms. The third-order valence-corrected chi connectivity index (χ3v) is 9.52. The second kappa shape index (κ2) is 325. The molecule has 1 spiro atoms. The molecule has 0 fully saturated rings. The van der Waals surface area contributed by atoms with Crippen molar-refractivity contribution in [3.63, 3.8) is 0 Å². The first-order chi connectivity index (χ1) is 25.2. The van der Waals surface area contributed by atoms with E-state index in [-0.39, 0.29) is 2650 Å². The quantitative estimate of drug-likeness (QED) is 0.116. The maximum absolute atomic E-state index is 5.40. The number of hydrogen-bond donors (Lipinski definition) is 0. The van der Waals surface area contributed by atoms with Gasteiger partial charge in [0, 0.05) is 2650 Å². The predicted octanol–water partition coefficient (Wildman–Crippen LogP) is 7.03. The Morgan fingerprint density at radius 2 is 0.379 bits per heavy atom. The van der Waals surface area contributed by atoms with Crippen LogP contribution in [0.5, 0.6) is 0 Å². The van der Waals surface area contributed by atoms with E-state index in [2.05, 4.69) is 80.7 Å². The molecule has 0 saturated carbocycles. The fraction of sp³-hybridized carbons (Fsp3) is 0.256. The number of aromatic nitrogens is 2. The summed E-state index contributed by atoms with van der Waals surface area (Å²) in [7, 11) is 0. The van der Waals surface area contributed by atoms with Gasteiger partial charge < -0.3 is 0 Å². The van der Waals surface area contributed by atoms with Crippen molar-refractivity contribution in [3.8, 4) is 0 Å². The monoisotopic (exact) mass is 7870 g/mol. The van der Waals surface area contributed by atoms with Crippen molar-refractivity contribution in [2.45, 2.75) is 75.1 Å². The van der Waals surface area contributed by atoms with E-state index in [1.165, 1.54) is 0 Å². The first-order valence-corrected chi connectivity index (χ1v) is 18.1. The zero-order valence-electron chi connectivity index (χ0n) is 77.5. The molecule has 0 N–H and O–H groups in total. The normalized spacial score (nSPS) is 6.83. The minimum absolute atomic E-state index is 0. The average molecular weight is 7870 g/mol. The van der Waals surface area contributed by atoms with Crippen LogP contribution in [-0.4, -0.2) is 41.6 Å². The molecule has 0 saturated heterocycles. The van der Waals surface area contributed by atoms with Gasteiger partial charge in [-0.05, 0) is 10.8 Å². The molecular weight excluding hydrogens is 7830 g/mol. The third-order valence-electron chi connectivity index (χ3n) is 9.52. The molecular formula is C43H38N8Y81-4. The summed E-state index contributed by atoms with van der Waals surface area (Å²) >= 11 is 0. The Kier molecular flexibility index (Phi) is 1220. The average Bonchev–Trinajstić information content (AvgIpc) is 3.91. The van der Waals surface area contributed by atoms with E-state index >= 15 is 0 Å². The largest absolute Gasteiger partial charge is 0.352 e. The fourth-order valence-corrected chi connectivity index (χ4v) is 7.91. The van der Waals surface area contributed by atoms with Gasteiger partial charge in [-0.1, -0.05) is 80.0 Å². The van der Waals surface area contributed by atoms with Gasteiger partial charge in [0.05, 0.1) is 0 Å². The van der Waals surface area contributed by atoms with Gasteiger partial charge in [0.1, 0.15) is 34.6 Å². The summed E-state index contributed by atoms with van der Waals surface area (Å²) in [4.78, 5) is 21.5. The fourth-order valence-electron chi connectivity index (χ4n) is 7.91. The Balaban J connectivity index is -0.00000000514. The molecule has 4 aromatic carbocycles. The van der Waals surface area contributed by atoms with Crippen LogP contribution in [0.3, 0.4) is 0 Å². The molecule has 6 aliphatic rings. The van der Waals surface area contributed by atoms with Crippen LogP contribution in [0.2, 0.25) is 0 Å². The van der Waals surface area contributed by atoms with Gasteiger partial charge in [-0.15, -0.1) is 47.5 Å². The zero-order valence-corrected chi connectivity index (χ0v) is 307. The molecule has 81 radical (unpaired) electrons. The number of benzene rings is 4. The molecule has 8 heterocycles. The summed E-state index contributed by atoms with van der Waals surface area (Å²) in [6.45, 7) is 20.2. The molecule has 6 aromatic rings. The summed E-state index contributed by atoms with van der Waals surface area (Å²) in [5.74, 6) is 3.62. The van der Waals surface area contributed by atoms with Crippen molar-refractivity contribution in [2.24, 2.45) is 20.0 Å². The number of nitrogens with zero attached hydrogens (tertiary/aromatic N) is 8. The standard InChI is InChI=1S/C35H14N8.4C2H6.81Y/c1-17-9-7-15-23-25(17)33-38-29-21-13-5-6-14-22(21)30-39-34-26-18(2)10-8-16-24(26)32-37-28-20-12-4-3-11-19(20)27-36-31(23)42(33)35(40(27)28,41(29)30)43(32)34;4*1-2;;;;;;;;;;;;;;;;;;;;;;;;;;;;;;;;;;;;;;;;;;;;;;;;;;;;;;;;;;;;;;;;;;;;;;;;;;;;;;;;;/h3-10H,1-2H3;4*1-2H3;;;;;;;;;;;;;;;;;;;;;;;;;;;;;;;;;;;;;;;;;;;;;;;;;;;;;;;;;;;;;;;;;;;;;;;;;;;;;;;;;/q-4;;;;;;;;;;;;;;;;;;;;;;;;;;;;;;;;;;;;;;;;;;;;;;;;;;;;;;;;;;;;;;;;;;;;;;;;;;;;;;;;;;;;;. The third kappa shape index (κ3) is 171. The number of aryl methyl sites for hydroxylation is 2. The number of fused-ring (bicyclic) bond motifs is 12. The molecule has 12 rings (SSSR count). The Labute approximate surface area is 2840 Å². The van der Waals surface area contributed by atoms with E-state index in [1.807, 2.05) is 91.8 Å². The van der Waals surface area contributed by atoms with Gasteiger partial charge in [-0.25, -0.2) is 57.7 Å². The van der Waals surface area contributed by atoms with E-state index in [9.17, 15) is 0 Å². The van der Waals surface area contributed by atoms with Crippen molar-refractivity contribution in [1.29, 1.82) is 0 Å². The topological polar surface area (TPSA) is 65.3 Å². The number of hydrogen-bond acceptors (Lipinski definition) is 4. The first kappa shape index (κ1) is 495. The molecule has 0 bridgehead atoms. The number of aliphatic imine (C=N–C) groups is 2. The second-order valence-corrected chi connectivity index (χ2v) is 11.5. The molecule has 0 amide bonds. The smallest absolute Gasteiger partial charge is 0.253 e. The van der Waals surface area contributed by atoms with Crippen LogP contribution in [0, 0.1) is 50.2 Å². The second-order valence-electron chi connectivity index (χ2n) is 11.5. The van der Waals surface area contributed by atoms with Gasteiger partial charge in [0.2, 0.25) is 0 Å². The van der Waals surface area contributed by atoms with E-state index < -0.39 is 5.91 Å². The van der Waals surface area contributed by atoms with Crippen molar-refractivity contribution in [1.82, 2.24) is 9.13 Å². The summed E-state index contributed by atoms with van der Waals surface area (Å²) in [6, 6.07) is 36.6. The van der Waals surface area contributed by atoms with Crippen LogP contribution in [0.25, 0.3) is 21.5 Å². The van der Waals surface area contributed by atoms with Gasteiger partial charge in [-0.2, -0.15) is 42.2 Å². The van der Waals surface area contributed by atoms with E-state index in [0.29, 0.717) is 0 Å². The van der Waals surface area contributed by atoms with Crippen LogP contribution in [0.15, 0.2) is 68.5 Å². The summed E-state index contributed by atoms with van der Waals surface area (Å²) < 4.78 is 8.98. The molecule has 2 aromatic heterocycles. The Hall–Kier alpha value is 83.7.